The molecule has 5 nitrogen and oxygen atoms in total. The van der Waals surface area contributed by atoms with E-state index in [1.165, 1.54) is 0 Å². The Hall–Kier alpha value is -2.24. The van der Waals surface area contributed by atoms with Crippen LogP contribution in [0.5, 0.6) is 0 Å². The molecule has 0 bridgehead atoms. The van der Waals surface area contributed by atoms with E-state index >= 15 is 0 Å². The van der Waals surface area contributed by atoms with Crippen molar-refractivity contribution in [3.8, 4) is 0 Å². The molecule has 152 valence electrons. The van der Waals surface area contributed by atoms with Crippen molar-refractivity contribution in [1.82, 2.24) is 10.3 Å². The molecule has 2 N–H and O–H groups in total. The van der Waals surface area contributed by atoms with Gasteiger partial charge >= 0.3 is 0 Å². The number of nitrogens with one attached hydrogen (secondary N) is 2. The van der Waals surface area contributed by atoms with Gasteiger partial charge in [-0.25, -0.2) is 13.8 Å². The molecule has 0 aliphatic rings. The maximum atomic E-state index is 14.4. The summed E-state index contributed by atoms with van der Waals surface area (Å²) in [6.45, 7) is 5.37. The van der Waals surface area contributed by atoms with E-state index < -0.39 is 22.4 Å². The molecule has 0 saturated heterocycles. The fourth-order valence-electron chi connectivity index (χ4n) is 3.12. The number of benzene rings is 3. The third-order valence-electron chi connectivity index (χ3n) is 4.85. The van der Waals surface area contributed by atoms with Crippen LogP contribution >= 0.6 is 7.14 Å². The van der Waals surface area contributed by atoms with Crippen molar-refractivity contribution < 1.29 is 13.0 Å². The summed E-state index contributed by atoms with van der Waals surface area (Å²) in [5, 5.41) is 0.212. The van der Waals surface area contributed by atoms with E-state index in [2.05, 4.69) is 10.3 Å². The van der Waals surface area contributed by atoms with E-state index in [9.17, 15) is 13.0 Å². The Morgan fingerprint density at radius 1 is 0.759 bits per heavy atom. The summed E-state index contributed by atoms with van der Waals surface area (Å²) in [5.74, 6) is 0. The van der Waals surface area contributed by atoms with Gasteiger partial charge in [0, 0.05) is 10.6 Å². The Bertz CT molecular complexity index is 1070. The molecule has 0 saturated carbocycles. The topological polar surface area (TPSA) is 75.3 Å². The monoisotopic (exact) mass is 428 g/mol. The van der Waals surface area contributed by atoms with Crippen LogP contribution in [-0.2, 0) is 14.6 Å². The second-order valence-electron chi connectivity index (χ2n) is 7.38. The van der Waals surface area contributed by atoms with E-state index in [1.807, 2.05) is 67.6 Å². The summed E-state index contributed by atoms with van der Waals surface area (Å²) in [6.07, 6.45) is 0. The van der Waals surface area contributed by atoms with Crippen LogP contribution in [0.1, 0.15) is 19.4 Å². The lowest BCUT2D eigenvalue weighted by Crippen LogP contribution is -2.53. The Morgan fingerprint density at radius 3 is 1.66 bits per heavy atom. The molecule has 0 aliphatic carbocycles. The van der Waals surface area contributed by atoms with Crippen molar-refractivity contribution in [2.75, 3.05) is 0 Å². The Balaban J connectivity index is 1.98. The molecule has 0 amide bonds. The Kier molecular flexibility index (Phi) is 6.11. The third-order valence-corrected chi connectivity index (χ3v) is 9.85. The van der Waals surface area contributed by atoms with Crippen LogP contribution in [0.3, 0.4) is 0 Å². The predicted molar refractivity (Wildman–Crippen MR) is 118 cm³/mol. The van der Waals surface area contributed by atoms with Gasteiger partial charge in [0.1, 0.15) is 0 Å². The molecular formula is C22H25N2O3PS. The van der Waals surface area contributed by atoms with Crippen LogP contribution in [-0.4, -0.2) is 13.7 Å². The second kappa shape index (κ2) is 8.25. The number of rotatable bonds is 7. The highest BCUT2D eigenvalue weighted by Crippen LogP contribution is 2.54. The summed E-state index contributed by atoms with van der Waals surface area (Å²) in [7, 11) is -7.07. The molecule has 0 unspecified atom stereocenters. The number of hydrazine groups is 1. The fourth-order valence-corrected chi connectivity index (χ4v) is 7.18. The summed E-state index contributed by atoms with van der Waals surface area (Å²) in [4.78, 5) is 2.57. The highest BCUT2D eigenvalue weighted by Gasteiger charge is 2.43. The zero-order valence-corrected chi connectivity index (χ0v) is 18.4. The predicted octanol–water partition coefficient (Wildman–Crippen LogP) is 3.53. The van der Waals surface area contributed by atoms with Crippen molar-refractivity contribution >= 4 is 27.8 Å². The standard InChI is InChI=1S/C22H25N2O3PS/c1-18-14-16-21(17-15-18)29(26,27)24-23-22(2,3)28(25,19-10-6-4-7-11-19)20-12-8-5-9-13-20/h4-17,23-24H,1-3H3. The van der Waals surface area contributed by atoms with Gasteiger partial charge < -0.3 is 4.57 Å². The highest BCUT2D eigenvalue weighted by molar-refractivity contribution is 7.89. The molecule has 0 heterocycles. The van der Waals surface area contributed by atoms with Gasteiger partial charge in [0.2, 0.25) is 0 Å². The highest BCUT2D eigenvalue weighted by atomic mass is 32.2. The minimum Gasteiger partial charge on any atom is -0.312 e. The van der Waals surface area contributed by atoms with Gasteiger partial charge in [-0.15, -0.1) is 4.83 Å². The lowest BCUT2D eigenvalue weighted by molar-refractivity contribution is 0.464. The second-order valence-corrected chi connectivity index (χ2v) is 12.4. The molecule has 0 aliphatic heterocycles. The summed E-state index contributed by atoms with van der Waals surface area (Å²) >= 11 is 0. The van der Waals surface area contributed by atoms with Gasteiger partial charge in [0.25, 0.3) is 10.0 Å². The zero-order chi connectivity index (χ0) is 21.1. The molecule has 0 aromatic heterocycles. The first-order valence-electron chi connectivity index (χ1n) is 9.24. The van der Waals surface area contributed by atoms with E-state index in [0.717, 1.165) is 5.56 Å². The summed E-state index contributed by atoms with van der Waals surface area (Å²) in [6, 6.07) is 24.8. The van der Waals surface area contributed by atoms with Crippen LogP contribution < -0.4 is 20.9 Å². The number of hydrogen-bond acceptors (Lipinski definition) is 4. The van der Waals surface area contributed by atoms with Crippen molar-refractivity contribution in [3.63, 3.8) is 0 Å². The lowest BCUT2D eigenvalue weighted by Gasteiger charge is -2.36. The average molecular weight is 428 g/mol. The van der Waals surface area contributed by atoms with Crippen LogP contribution in [0.2, 0.25) is 0 Å². The van der Waals surface area contributed by atoms with Gasteiger partial charge in [-0.1, -0.05) is 78.4 Å². The van der Waals surface area contributed by atoms with E-state index in [4.69, 9.17) is 0 Å². The van der Waals surface area contributed by atoms with E-state index in [-0.39, 0.29) is 4.90 Å². The molecular weight excluding hydrogens is 403 g/mol. The van der Waals surface area contributed by atoms with Crippen molar-refractivity contribution in [1.29, 1.82) is 0 Å². The number of aryl methyl sites for hydroxylation is 1. The molecule has 0 spiro atoms. The summed E-state index contributed by atoms with van der Waals surface area (Å²) in [5.41, 5.74) is 3.82. The molecule has 3 aromatic rings. The fraction of sp³-hybridized carbons (Fsp3) is 0.182. The average Bonchev–Trinajstić information content (AvgIpc) is 2.73. The van der Waals surface area contributed by atoms with Crippen LogP contribution in [0.4, 0.5) is 0 Å². The molecule has 3 rings (SSSR count). The minimum absolute atomic E-state index is 0.139. The zero-order valence-electron chi connectivity index (χ0n) is 16.7. The molecule has 0 fully saturated rings. The van der Waals surface area contributed by atoms with Gasteiger partial charge in [0.15, 0.2) is 7.14 Å². The first kappa shape index (κ1) is 21.5. The minimum atomic E-state index is -3.82. The van der Waals surface area contributed by atoms with Crippen molar-refractivity contribution in [3.05, 3.63) is 90.5 Å². The maximum Gasteiger partial charge on any atom is 0.253 e. The van der Waals surface area contributed by atoms with Crippen LogP contribution in [0.25, 0.3) is 0 Å². The molecule has 3 aromatic carbocycles. The lowest BCUT2D eigenvalue weighted by atomic mass is 10.2. The smallest absolute Gasteiger partial charge is 0.253 e. The first-order valence-corrected chi connectivity index (χ1v) is 12.4. The largest absolute Gasteiger partial charge is 0.312 e. The van der Waals surface area contributed by atoms with Crippen molar-refractivity contribution in [2.24, 2.45) is 0 Å². The molecule has 0 radical (unpaired) electrons. The number of hydrogen-bond donors (Lipinski definition) is 2. The van der Waals surface area contributed by atoms with E-state index in [1.54, 1.807) is 38.1 Å². The van der Waals surface area contributed by atoms with Gasteiger partial charge in [-0.3, -0.25) is 0 Å². The molecule has 29 heavy (non-hydrogen) atoms. The molecule has 7 heteroatoms. The number of sulfonamides is 1. The van der Waals surface area contributed by atoms with Gasteiger partial charge in [0.05, 0.1) is 10.2 Å². The van der Waals surface area contributed by atoms with E-state index in [0.29, 0.717) is 10.6 Å². The first-order chi connectivity index (χ1) is 13.7. The molecule has 0 atom stereocenters. The third kappa shape index (κ3) is 4.36. The van der Waals surface area contributed by atoms with Gasteiger partial charge in [-0.05, 0) is 32.9 Å². The SMILES string of the molecule is Cc1ccc(S(=O)(=O)NNC(C)(C)P(=O)(c2ccccc2)c2ccccc2)cc1. The quantitative estimate of drug-likeness (QED) is 0.446. The van der Waals surface area contributed by atoms with Crippen molar-refractivity contribution in [2.45, 2.75) is 30.9 Å². The summed E-state index contributed by atoms with van der Waals surface area (Å²) < 4.78 is 39.9. The Morgan fingerprint density at radius 2 is 1.21 bits per heavy atom. The normalized spacial score (nSPS) is 12.7. The Labute approximate surface area is 172 Å². The van der Waals surface area contributed by atoms with Crippen LogP contribution in [0.15, 0.2) is 89.8 Å². The van der Waals surface area contributed by atoms with Gasteiger partial charge in [-0.2, -0.15) is 0 Å². The maximum absolute atomic E-state index is 14.4. The van der Waals surface area contributed by atoms with Crippen LogP contribution in [0, 0.1) is 6.92 Å².